The van der Waals surface area contributed by atoms with Crippen LogP contribution in [0.4, 0.5) is 5.69 Å². The zero-order valence-electron chi connectivity index (χ0n) is 11.6. The monoisotopic (exact) mass is 296 g/mol. The summed E-state index contributed by atoms with van der Waals surface area (Å²) in [4.78, 5) is 33.2. The first-order chi connectivity index (χ1) is 9.88. The maximum Gasteiger partial charge on any atom is 0.331 e. The second-order valence-corrected chi connectivity index (χ2v) is 4.19. The van der Waals surface area contributed by atoms with Crippen molar-refractivity contribution in [3.63, 3.8) is 0 Å². The predicted octanol–water partition coefficient (Wildman–Crippen LogP) is 0.696. The first-order valence-electron chi connectivity index (χ1n) is 6.23. The number of rotatable bonds is 6. The minimum atomic E-state index is -1.59. The molecule has 1 aromatic carbocycles. The molecule has 0 bridgehead atoms. The van der Waals surface area contributed by atoms with Gasteiger partial charge in [0, 0.05) is 13.0 Å². The molecule has 0 radical (unpaired) electrons. The molecule has 2 N–H and O–H groups in total. The van der Waals surface area contributed by atoms with Crippen molar-refractivity contribution in [2.75, 3.05) is 6.61 Å². The molecule has 0 aliphatic carbocycles. The van der Waals surface area contributed by atoms with Crippen molar-refractivity contribution in [3.05, 3.63) is 39.9 Å². The molecule has 0 unspecified atom stereocenters. The molecule has 1 amide bonds. The summed E-state index contributed by atoms with van der Waals surface area (Å²) in [6, 6.07) is 4.03. The smallest absolute Gasteiger partial charge is 0.331 e. The van der Waals surface area contributed by atoms with Crippen LogP contribution in [-0.2, 0) is 14.3 Å². The molecule has 0 fully saturated rings. The molecule has 21 heavy (non-hydrogen) atoms. The van der Waals surface area contributed by atoms with Crippen molar-refractivity contribution in [1.82, 2.24) is 5.32 Å². The van der Waals surface area contributed by atoms with E-state index in [0.717, 1.165) is 0 Å². The minimum absolute atomic E-state index is 0.0541. The number of nitrogens with one attached hydrogen (secondary N) is 1. The lowest BCUT2D eigenvalue weighted by atomic mass is 10.0. The number of nitro benzene ring substituents is 1. The average Bonchev–Trinajstić information content (AvgIpc) is 2.44. The molecule has 2 atom stereocenters. The first kappa shape index (κ1) is 16.6. The number of hydrogen-bond acceptors (Lipinski definition) is 6. The Labute approximate surface area is 120 Å². The Kier molecular flexibility index (Phi) is 5.79. The van der Waals surface area contributed by atoms with Gasteiger partial charge in [0.1, 0.15) is 6.10 Å². The maximum absolute atomic E-state index is 11.8. The Morgan fingerprint density at radius 1 is 1.43 bits per heavy atom. The highest BCUT2D eigenvalue weighted by Gasteiger charge is 2.33. The van der Waals surface area contributed by atoms with Gasteiger partial charge in [-0.2, -0.15) is 0 Å². The number of ether oxygens (including phenoxy) is 1. The minimum Gasteiger partial charge on any atom is -0.464 e. The normalized spacial score (nSPS) is 13.1. The fourth-order valence-electron chi connectivity index (χ4n) is 1.80. The number of carbonyl (C=O) groups is 2. The average molecular weight is 296 g/mol. The molecular formula is C13H16N2O6. The van der Waals surface area contributed by atoms with Crippen LogP contribution >= 0.6 is 0 Å². The number of amides is 1. The number of aliphatic hydroxyl groups excluding tert-OH is 1. The van der Waals surface area contributed by atoms with Crippen molar-refractivity contribution in [2.45, 2.75) is 26.0 Å². The van der Waals surface area contributed by atoms with Crippen LogP contribution in [0.3, 0.4) is 0 Å². The van der Waals surface area contributed by atoms with E-state index in [4.69, 9.17) is 4.74 Å². The lowest BCUT2D eigenvalue weighted by Gasteiger charge is -2.22. The van der Waals surface area contributed by atoms with E-state index in [0.29, 0.717) is 0 Å². The summed E-state index contributed by atoms with van der Waals surface area (Å²) in [5.74, 6) is -1.43. The fourth-order valence-corrected chi connectivity index (χ4v) is 1.80. The third-order valence-electron chi connectivity index (χ3n) is 2.67. The lowest BCUT2D eigenvalue weighted by Crippen LogP contribution is -2.45. The van der Waals surface area contributed by atoms with Gasteiger partial charge in [0.15, 0.2) is 6.04 Å². The van der Waals surface area contributed by atoms with Crippen molar-refractivity contribution in [3.8, 4) is 0 Å². The molecule has 8 heteroatoms. The number of para-hydroxylation sites is 1. The molecule has 1 aromatic rings. The van der Waals surface area contributed by atoms with E-state index in [-0.39, 0.29) is 17.9 Å². The van der Waals surface area contributed by atoms with Crippen molar-refractivity contribution < 1.29 is 24.4 Å². The Morgan fingerprint density at radius 3 is 2.57 bits per heavy atom. The molecule has 1 rings (SSSR count). The van der Waals surface area contributed by atoms with E-state index in [1.807, 2.05) is 0 Å². The van der Waals surface area contributed by atoms with Gasteiger partial charge in [-0.05, 0) is 13.0 Å². The first-order valence-corrected chi connectivity index (χ1v) is 6.23. The van der Waals surface area contributed by atoms with Gasteiger partial charge >= 0.3 is 5.97 Å². The molecule has 0 aliphatic rings. The number of esters is 1. The van der Waals surface area contributed by atoms with Crippen LogP contribution < -0.4 is 5.32 Å². The van der Waals surface area contributed by atoms with Crippen LogP contribution in [-0.4, -0.2) is 34.6 Å². The van der Waals surface area contributed by atoms with E-state index in [1.54, 1.807) is 6.92 Å². The lowest BCUT2D eigenvalue weighted by molar-refractivity contribution is -0.386. The zero-order chi connectivity index (χ0) is 16.0. The SMILES string of the molecule is CCOC(=O)[C@@H](NC(C)=O)[C@H](O)c1ccccc1[N+](=O)[O-]. The maximum atomic E-state index is 11.8. The van der Waals surface area contributed by atoms with Crippen LogP contribution in [0.1, 0.15) is 25.5 Å². The largest absolute Gasteiger partial charge is 0.464 e. The fraction of sp³-hybridized carbons (Fsp3) is 0.385. The van der Waals surface area contributed by atoms with E-state index in [9.17, 15) is 24.8 Å². The van der Waals surface area contributed by atoms with Gasteiger partial charge in [0.05, 0.1) is 17.1 Å². The van der Waals surface area contributed by atoms with Gasteiger partial charge < -0.3 is 15.2 Å². The molecule has 0 saturated carbocycles. The van der Waals surface area contributed by atoms with Gasteiger partial charge in [0.2, 0.25) is 5.91 Å². The van der Waals surface area contributed by atoms with E-state index in [1.165, 1.54) is 31.2 Å². The summed E-state index contributed by atoms with van der Waals surface area (Å²) >= 11 is 0. The number of benzene rings is 1. The van der Waals surface area contributed by atoms with Gasteiger partial charge in [-0.15, -0.1) is 0 Å². The topological polar surface area (TPSA) is 119 Å². The number of aliphatic hydroxyl groups is 1. The molecule has 0 spiro atoms. The van der Waals surface area contributed by atoms with Crippen LogP contribution in [0, 0.1) is 10.1 Å². The Morgan fingerprint density at radius 2 is 2.05 bits per heavy atom. The molecule has 0 heterocycles. The Hall–Kier alpha value is -2.48. The van der Waals surface area contributed by atoms with E-state index < -0.39 is 28.9 Å². The van der Waals surface area contributed by atoms with Crippen molar-refractivity contribution >= 4 is 17.6 Å². The number of carbonyl (C=O) groups excluding carboxylic acids is 2. The Bertz CT molecular complexity index is 545. The number of hydrogen-bond donors (Lipinski definition) is 2. The quantitative estimate of drug-likeness (QED) is 0.453. The Balaban J connectivity index is 3.16. The van der Waals surface area contributed by atoms with E-state index in [2.05, 4.69) is 5.32 Å². The van der Waals surface area contributed by atoms with Crippen LogP contribution in [0.2, 0.25) is 0 Å². The van der Waals surface area contributed by atoms with Crippen LogP contribution in [0.15, 0.2) is 24.3 Å². The number of nitro groups is 1. The van der Waals surface area contributed by atoms with Gasteiger partial charge in [-0.1, -0.05) is 12.1 Å². The van der Waals surface area contributed by atoms with E-state index >= 15 is 0 Å². The second-order valence-electron chi connectivity index (χ2n) is 4.19. The van der Waals surface area contributed by atoms with Gasteiger partial charge in [0.25, 0.3) is 5.69 Å². The standard InChI is InChI=1S/C13H16N2O6/c1-3-21-13(18)11(14-8(2)16)12(17)9-6-4-5-7-10(9)15(19)20/h4-7,11-12,17H,3H2,1-2H3,(H,14,16)/t11-,12+/m0/s1. The summed E-state index contributed by atoms with van der Waals surface area (Å²) < 4.78 is 4.76. The molecule has 8 nitrogen and oxygen atoms in total. The number of nitrogens with zero attached hydrogens (tertiary/aromatic N) is 1. The summed E-state index contributed by atoms with van der Waals surface area (Å²) in [7, 11) is 0. The molecule has 114 valence electrons. The summed E-state index contributed by atoms with van der Waals surface area (Å²) in [5.41, 5.74) is -0.418. The molecular weight excluding hydrogens is 280 g/mol. The summed E-state index contributed by atoms with van der Waals surface area (Å²) in [6.07, 6.45) is -1.59. The van der Waals surface area contributed by atoms with Crippen LogP contribution in [0.25, 0.3) is 0 Å². The molecule has 0 saturated heterocycles. The zero-order valence-corrected chi connectivity index (χ0v) is 11.6. The van der Waals surface area contributed by atoms with Crippen molar-refractivity contribution in [1.29, 1.82) is 0 Å². The molecule has 0 aromatic heterocycles. The van der Waals surface area contributed by atoms with Gasteiger partial charge in [-0.25, -0.2) is 4.79 Å². The summed E-state index contributed by atoms with van der Waals surface area (Å²) in [6.45, 7) is 2.79. The highest BCUT2D eigenvalue weighted by molar-refractivity contribution is 5.84. The molecule has 0 aliphatic heterocycles. The summed E-state index contributed by atoms with van der Waals surface area (Å²) in [5, 5.41) is 23.4. The second kappa shape index (κ2) is 7.34. The third-order valence-corrected chi connectivity index (χ3v) is 2.67. The third kappa shape index (κ3) is 4.25. The predicted molar refractivity (Wildman–Crippen MR) is 72.3 cm³/mol. The highest BCUT2D eigenvalue weighted by atomic mass is 16.6. The van der Waals surface area contributed by atoms with Gasteiger partial charge in [-0.3, -0.25) is 14.9 Å². The van der Waals surface area contributed by atoms with Crippen LogP contribution in [0.5, 0.6) is 0 Å². The highest BCUT2D eigenvalue weighted by Crippen LogP contribution is 2.27. The van der Waals surface area contributed by atoms with Crippen molar-refractivity contribution in [2.24, 2.45) is 0 Å².